The van der Waals surface area contributed by atoms with Gasteiger partial charge in [-0.2, -0.15) is 0 Å². The average molecular weight is 320 g/mol. The van der Waals surface area contributed by atoms with Gasteiger partial charge in [0.15, 0.2) is 0 Å². The molecule has 0 radical (unpaired) electrons. The Morgan fingerprint density at radius 3 is 2.50 bits per heavy atom. The minimum Gasteiger partial charge on any atom is -0.257 e. The van der Waals surface area contributed by atoms with Gasteiger partial charge in [0.25, 0.3) is 0 Å². The summed E-state index contributed by atoms with van der Waals surface area (Å²) >= 11 is 0. The number of allylic oxidation sites excluding steroid dienone is 2. The normalized spacial score (nSPS) is 13.2. The highest BCUT2D eigenvalue weighted by Gasteiger charge is 2.06. The first-order valence-corrected chi connectivity index (χ1v) is 8.70. The lowest BCUT2D eigenvalue weighted by atomic mass is 9.96. The molecule has 0 aliphatic carbocycles. The van der Waals surface area contributed by atoms with Crippen LogP contribution in [0.4, 0.5) is 0 Å². The van der Waals surface area contributed by atoms with Gasteiger partial charge in [0.05, 0.1) is 11.4 Å². The number of aryl methyl sites for hydroxylation is 1. The van der Waals surface area contributed by atoms with E-state index in [0.29, 0.717) is 11.8 Å². The number of pyridine rings is 2. The maximum absolute atomic E-state index is 4.52. The van der Waals surface area contributed by atoms with Crippen LogP contribution < -0.4 is 0 Å². The summed E-state index contributed by atoms with van der Waals surface area (Å²) in [5, 5.41) is 0. The van der Waals surface area contributed by atoms with Crippen molar-refractivity contribution in [3.63, 3.8) is 0 Å². The van der Waals surface area contributed by atoms with Crippen molar-refractivity contribution in [2.75, 3.05) is 0 Å². The molecule has 0 aliphatic rings. The first-order valence-electron chi connectivity index (χ1n) is 8.70. The summed E-state index contributed by atoms with van der Waals surface area (Å²) in [6.07, 6.45) is 11.6. The van der Waals surface area contributed by atoms with Crippen molar-refractivity contribution >= 4 is 12.2 Å². The highest BCUT2D eigenvalue weighted by atomic mass is 14.7. The summed E-state index contributed by atoms with van der Waals surface area (Å²) in [5.41, 5.74) is 5.80. The highest BCUT2D eigenvalue weighted by Crippen LogP contribution is 2.18. The molecule has 0 amide bonds. The van der Waals surface area contributed by atoms with Gasteiger partial charge in [0.1, 0.15) is 0 Å². The number of nitrogens with zero attached hydrogens (tertiary/aromatic N) is 2. The average Bonchev–Trinajstić information content (AvgIpc) is 2.54. The predicted molar refractivity (Wildman–Crippen MR) is 104 cm³/mol. The van der Waals surface area contributed by atoms with Crippen LogP contribution in [0.2, 0.25) is 0 Å². The number of aromatic nitrogens is 2. The van der Waals surface area contributed by atoms with Gasteiger partial charge in [-0.25, -0.2) is 0 Å². The molecule has 2 nitrogen and oxygen atoms in total. The second kappa shape index (κ2) is 8.58. The molecular weight excluding hydrogens is 292 g/mol. The van der Waals surface area contributed by atoms with Crippen LogP contribution in [-0.4, -0.2) is 9.97 Å². The Hall–Kier alpha value is -2.22. The van der Waals surface area contributed by atoms with Gasteiger partial charge in [-0.1, -0.05) is 39.0 Å². The largest absolute Gasteiger partial charge is 0.257 e. The van der Waals surface area contributed by atoms with E-state index in [1.165, 1.54) is 11.1 Å². The Morgan fingerprint density at radius 2 is 1.79 bits per heavy atom. The molecule has 2 rings (SSSR count). The standard InChI is InChI=1S/C22H28N2/c1-16(2)9-12-22-19(5)20(13-14-23-22)15-17(3)10-11-21-8-6-7-18(4)24-21/h6-14,16-17H,15H2,1-5H3/b11-10+,12-9+. The van der Waals surface area contributed by atoms with Crippen molar-refractivity contribution < 1.29 is 0 Å². The lowest BCUT2D eigenvalue weighted by Crippen LogP contribution is -2.01. The molecule has 0 spiro atoms. The molecule has 2 aromatic heterocycles. The van der Waals surface area contributed by atoms with Crippen molar-refractivity contribution in [1.29, 1.82) is 0 Å². The van der Waals surface area contributed by atoms with Crippen LogP contribution in [0.15, 0.2) is 42.6 Å². The van der Waals surface area contributed by atoms with Crippen molar-refractivity contribution in [2.45, 2.75) is 41.0 Å². The summed E-state index contributed by atoms with van der Waals surface area (Å²) in [4.78, 5) is 9.03. The third kappa shape index (κ3) is 5.45. The molecule has 126 valence electrons. The molecule has 24 heavy (non-hydrogen) atoms. The van der Waals surface area contributed by atoms with E-state index >= 15 is 0 Å². The van der Waals surface area contributed by atoms with E-state index < -0.39 is 0 Å². The third-order valence-electron chi connectivity index (χ3n) is 4.04. The third-order valence-corrected chi connectivity index (χ3v) is 4.04. The first kappa shape index (κ1) is 18.1. The lowest BCUT2D eigenvalue weighted by Gasteiger charge is -2.11. The van der Waals surface area contributed by atoms with E-state index in [0.717, 1.165) is 23.5 Å². The van der Waals surface area contributed by atoms with Crippen LogP contribution in [0.1, 0.15) is 49.0 Å². The van der Waals surface area contributed by atoms with Crippen LogP contribution in [0.3, 0.4) is 0 Å². The Morgan fingerprint density at radius 1 is 1.00 bits per heavy atom. The van der Waals surface area contributed by atoms with Gasteiger partial charge in [0, 0.05) is 11.9 Å². The van der Waals surface area contributed by atoms with Crippen LogP contribution in [0, 0.1) is 25.7 Å². The molecule has 0 saturated heterocycles. The fourth-order valence-electron chi connectivity index (χ4n) is 2.60. The van der Waals surface area contributed by atoms with Crippen molar-refractivity contribution in [2.24, 2.45) is 11.8 Å². The topological polar surface area (TPSA) is 25.8 Å². The second-order valence-electron chi connectivity index (χ2n) is 6.83. The SMILES string of the molecule is Cc1cccc(/C=C/C(C)Cc2ccnc(/C=C/C(C)C)c2C)n1. The Kier molecular flexibility index (Phi) is 6.48. The Bertz CT molecular complexity index is 726. The lowest BCUT2D eigenvalue weighted by molar-refractivity contribution is 0.721. The number of hydrogen-bond donors (Lipinski definition) is 0. The Balaban J connectivity index is 2.08. The quantitative estimate of drug-likeness (QED) is 0.687. The molecule has 0 bridgehead atoms. The van der Waals surface area contributed by atoms with Crippen molar-refractivity contribution in [1.82, 2.24) is 9.97 Å². The number of hydrogen-bond acceptors (Lipinski definition) is 2. The maximum atomic E-state index is 4.52. The maximum Gasteiger partial charge on any atom is 0.0658 e. The summed E-state index contributed by atoms with van der Waals surface area (Å²) < 4.78 is 0. The molecule has 0 aliphatic heterocycles. The van der Waals surface area contributed by atoms with E-state index in [4.69, 9.17) is 0 Å². The molecule has 0 fully saturated rings. The number of rotatable bonds is 6. The fourth-order valence-corrected chi connectivity index (χ4v) is 2.60. The minimum atomic E-state index is 0.454. The van der Waals surface area contributed by atoms with Crippen molar-refractivity contribution in [3.8, 4) is 0 Å². The van der Waals surface area contributed by atoms with E-state index in [1.807, 2.05) is 31.3 Å². The molecule has 0 N–H and O–H groups in total. The zero-order valence-electron chi connectivity index (χ0n) is 15.5. The van der Waals surface area contributed by atoms with Gasteiger partial charge in [-0.15, -0.1) is 0 Å². The monoisotopic (exact) mass is 320 g/mol. The van der Waals surface area contributed by atoms with Gasteiger partial charge in [-0.3, -0.25) is 9.97 Å². The zero-order chi connectivity index (χ0) is 17.5. The van der Waals surface area contributed by atoms with E-state index in [-0.39, 0.29) is 0 Å². The van der Waals surface area contributed by atoms with Gasteiger partial charge in [-0.05, 0) is 73.6 Å². The zero-order valence-corrected chi connectivity index (χ0v) is 15.5. The molecule has 2 aromatic rings. The predicted octanol–water partition coefficient (Wildman–Crippen LogP) is 5.65. The first-order chi connectivity index (χ1) is 11.5. The summed E-state index contributed by atoms with van der Waals surface area (Å²) in [6.45, 7) is 10.8. The fraction of sp³-hybridized carbons (Fsp3) is 0.364. The van der Waals surface area contributed by atoms with E-state index in [9.17, 15) is 0 Å². The molecule has 2 heterocycles. The van der Waals surface area contributed by atoms with Gasteiger partial charge < -0.3 is 0 Å². The molecule has 1 atom stereocenters. The highest BCUT2D eigenvalue weighted by molar-refractivity contribution is 5.51. The van der Waals surface area contributed by atoms with Crippen LogP contribution in [0.5, 0.6) is 0 Å². The van der Waals surface area contributed by atoms with Crippen LogP contribution >= 0.6 is 0 Å². The second-order valence-corrected chi connectivity index (χ2v) is 6.83. The van der Waals surface area contributed by atoms with Gasteiger partial charge in [0.2, 0.25) is 0 Å². The molecule has 0 saturated carbocycles. The van der Waals surface area contributed by atoms with E-state index in [1.54, 1.807) is 0 Å². The molecule has 2 heteroatoms. The molecule has 1 unspecified atom stereocenters. The summed E-state index contributed by atoms with van der Waals surface area (Å²) in [5.74, 6) is 0.994. The van der Waals surface area contributed by atoms with Crippen LogP contribution in [-0.2, 0) is 6.42 Å². The summed E-state index contributed by atoms with van der Waals surface area (Å²) in [6, 6.07) is 8.25. The Labute approximate surface area is 146 Å². The van der Waals surface area contributed by atoms with Crippen molar-refractivity contribution in [3.05, 3.63) is 70.8 Å². The van der Waals surface area contributed by atoms with Crippen LogP contribution in [0.25, 0.3) is 12.2 Å². The molecular formula is C22H28N2. The minimum absolute atomic E-state index is 0.454. The smallest absolute Gasteiger partial charge is 0.0658 e. The summed E-state index contributed by atoms with van der Waals surface area (Å²) in [7, 11) is 0. The van der Waals surface area contributed by atoms with Gasteiger partial charge >= 0.3 is 0 Å². The van der Waals surface area contributed by atoms with E-state index in [2.05, 4.69) is 68.0 Å². The molecule has 0 aromatic carbocycles.